The highest BCUT2D eigenvalue weighted by Crippen LogP contribution is 2.39. The van der Waals surface area contributed by atoms with Crippen molar-refractivity contribution in [1.29, 1.82) is 0 Å². The molecule has 5 nitrogen and oxygen atoms in total. The molecule has 132 valence electrons. The molecule has 0 spiro atoms. The zero-order chi connectivity index (χ0) is 17.6. The molecule has 3 aliphatic rings. The fourth-order valence-electron chi connectivity index (χ4n) is 4.35. The zero-order valence-electron chi connectivity index (χ0n) is 14.8. The van der Waals surface area contributed by atoms with Crippen LogP contribution in [0.15, 0.2) is 24.3 Å². The summed E-state index contributed by atoms with van der Waals surface area (Å²) in [5.74, 6) is 1.04. The molecule has 2 aromatic rings. The molecule has 5 rings (SSSR count). The third kappa shape index (κ3) is 3.02. The smallest absolute Gasteiger partial charge is 0.125 e. The van der Waals surface area contributed by atoms with Crippen LogP contribution in [-0.4, -0.2) is 44.9 Å². The van der Waals surface area contributed by atoms with Gasteiger partial charge in [0, 0.05) is 18.0 Å². The lowest BCUT2D eigenvalue weighted by Crippen LogP contribution is -2.49. The van der Waals surface area contributed by atoms with Gasteiger partial charge in [-0.25, -0.2) is 0 Å². The number of aliphatic hydroxyl groups is 1. The molecule has 0 aliphatic carbocycles. The molecular weight excluding hydrogens is 314 g/mol. The molecule has 0 radical (unpaired) electrons. The van der Waals surface area contributed by atoms with E-state index in [1.165, 1.54) is 12.8 Å². The second-order valence-electron chi connectivity index (χ2n) is 7.57. The second-order valence-corrected chi connectivity index (χ2v) is 7.57. The van der Waals surface area contributed by atoms with Gasteiger partial charge in [0.1, 0.15) is 11.9 Å². The van der Waals surface area contributed by atoms with E-state index in [2.05, 4.69) is 15.1 Å². The normalized spacial score (nSPS) is 26.6. The summed E-state index contributed by atoms with van der Waals surface area (Å²) in [5, 5.41) is 29.7. The van der Waals surface area contributed by atoms with Crippen LogP contribution in [-0.2, 0) is 0 Å². The molecule has 5 heteroatoms. The molecule has 0 amide bonds. The fraction of sp³-hybridized carbons (Fsp3) is 0.500. The van der Waals surface area contributed by atoms with Crippen LogP contribution in [0.3, 0.4) is 0 Å². The highest BCUT2D eigenvalue weighted by molar-refractivity contribution is 5.69. The molecule has 0 saturated carbocycles. The molecule has 2 N–H and O–H groups in total. The van der Waals surface area contributed by atoms with E-state index < -0.39 is 6.10 Å². The summed E-state index contributed by atoms with van der Waals surface area (Å²) in [6, 6.07) is 7.47. The van der Waals surface area contributed by atoms with Crippen molar-refractivity contribution in [2.24, 2.45) is 11.8 Å². The summed E-state index contributed by atoms with van der Waals surface area (Å²) < 4.78 is 0. The lowest BCUT2D eigenvalue weighted by atomic mass is 9.75. The monoisotopic (exact) mass is 339 g/mol. The van der Waals surface area contributed by atoms with Crippen LogP contribution < -0.4 is 0 Å². The number of piperidine rings is 3. The Morgan fingerprint density at radius 2 is 1.88 bits per heavy atom. The first-order valence-corrected chi connectivity index (χ1v) is 9.07. The number of phenolic OH excluding ortho intramolecular Hbond substituents is 1. The summed E-state index contributed by atoms with van der Waals surface area (Å²) in [4.78, 5) is 2.44. The molecule has 4 heterocycles. The summed E-state index contributed by atoms with van der Waals surface area (Å²) >= 11 is 0. The number of rotatable bonds is 3. The molecule has 3 fully saturated rings. The van der Waals surface area contributed by atoms with Gasteiger partial charge in [-0.3, -0.25) is 0 Å². The summed E-state index contributed by atoms with van der Waals surface area (Å²) in [6.07, 6.45) is 1.77. The summed E-state index contributed by atoms with van der Waals surface area (Å²) in [6.45, 7) is 7.16. The number of phenols is 1. The molecule has 1 unspecified atom stereocenters. The van der Waals surface area contributed by atoms with Crippen LogP contribution in [0.4, 0.5) is 0 Å². The van der Waals surface area contributed by atoms with E-state index in [0.29, 0.717) is 22.9 Å². The van der Waals surface area contributed by atoms with Gasteiger partial charge in [-0.2, -0.15) is 5.10 Å². The highest BCUT2D eigenvalue weighted by Gasteiger charge is 2.39. The van der Waals surface area contributed by atoms with E-state index in [9.17, 15) is 10.2 Å². The molecule has 3 aliphatic heterocycles. The van der Waals surface area contributed by atoms with E-state index in [4.69, 9.17) is 0 Å². The van der Waals surface area contributed by atoms with Crippen molar-refractivity contribution in [3.05, 3.63) is 41.1 Å². The van der Waals surface area contributed by atoms with E-state index in [0.717, 1.165) is 30.8 Å². The minimum absolute atomic E-state index is 0.211. The summed E-state index contributed by atoms with van der Waals surface area (Å²) in [7, 11) is 0. The van der Waals surface area contributed by atoms with Gasteiger partial charge in [-0.15, -0.1) is 5.10 Å². The second kappa shape index (κ2) is 6.39. The number of aliphatic hydroxyl groups excluding tert-OH is 1. The fourth-order valence-corrected chi connectivity index (χ4v) is 4.35. The standard InChI is InChI=1S/C20H25N3O2/c1-12-3-4-15(18(24)9-12)19-13(2)10-17(21-22-19)20(25)16-11-23-7-5-14(16)6-8-23/h3-4,9-10,14,16,20,24-25H,5-8,11H2,1-2H3/t16?,20-/m0/s1. The van der Waals surface area contributed by atoms with E-state index in [1.54, 1.807) is 6.07 Å². The van der Waals surface area contributed by atoms with Crippen LogP contribution in [0.25, 0.3) is 11.3 Å². The first-order valence-electron chi connectivity index (χ1n) is 9.07. The van der Waals surface area contributed by atoms with Crippen molar-refractivity contribution >= 4 is 0 Å². The summed E-state index contributed by atoms with van der Waals surface area (Å²) in [5.41, 5.74) is 3.92. The van der Waals surface area contributed by atoms with Gasteiger partial charge in [-0.1, -0.05) is 6.07 Å². The average molecular weight is 339 g/mol. The quantitative estimate of drug-likeness (QED) is 0.900. The van der Waals surface area contributed by atoms with Crippen molar-refractivity contribution in [3.63, 3.8) is 0 Å². The zero-order valence-corrected chi connectivity index (χ0v) is 14.8. The predicted octanol–water partition coefficient (Wildman–Crippen LogP) is 2.84. The predicted molar refractivity (Wildman–Crippen MR) is 96.2 cm³/mol. The minimum Gasteiger partial charge on any atom is -0.507 e. The van der Waals surface area contributed by atoms with Gasteiger partial charge in [0.25, 0.3) is 0 Å². The number of hydrogen-bond donors (Lipinski definition) is 2. The Kier molecular flexibility index (Phi) is 4.21. The van der Waals surface area contributed by atoms with Crippen LogP contribution in [0.1, 0.15) is 35.8 Å². The molecule has 1 aromatic heterocycles. The lowest BCUT2D eigenvalue weighted by molar-refractivity contribution is -0.0283. The largest absolute Gasteiger partial charge is 0.507 e. The molecule has 3 saturated heterocycles. The van der Waals surface area contributed by atoms with Crippen LogP contribution in [0, 0.1) is 25.7 Å². The molecule has 2 atom stereocenters. The Bertz CT molecular complexity index is 785. The molecular formula is C20H25N3O2. The van der Waals surface area contributed by atoms with Crippen molar-refractivity contribution in [1.82, 2.24) is 15.1 Å². The van der Waals surface area contributed by atoms with Gasteiger partial charge >= 0.3 is 0 Å². The van der Waals surface area contributed by atoms with Crippen molar-refractivity contribution in [3.8, 4) is 17.0 Å². The van der Waals surface area contributed by atoms with Crippen molar-refractivity contribution in [2.75, 3.05) is 19.6 Å². The maximum Gasteiger partial charge on any atom is 0.125 e. The van der Waals surface area contributed by atoms with E-state index in [1.807, 2.05) is 32.0 Å². The van der Waals surface area contributed by atoms with E-state index in [-0.39, 0.29) is 11.7 Å². The number of nitrogens with zero attached hydrogens (tertiary/aromatic N) is 3. The Morgan fingerprint density at radius 1 is 1.12 bits per heavy atom. The van der Waals surface area contributed by atoms with Crippen molar-refractivity contribution < 1.29 is 10.2 Å². The maximum atomic E-state index is 10.9. The van der Waals surface area contributed by atoms with Gasteiger partial charge in [0.2, 0.25) is 0 Å². The Hall–Kier alpha value is -1.98. The highest BCUT2D eigenvalue weighted by atomic mass is 16.3. The number of aromatic hydroxyl groups is 1. The van der Waals surface area contributed by atoms with Crippen LogP contribution >= 0.6 is 0 Å². The van der Waals surface area contributed by atoms with E-state index >= 15 is 0 Å². The maximum absolute atomic E-state index is 10.9. The Morgan fingerprint density at radius 3 is 2.48 bits per heavy atom. The first kappa shape index (κ1) is 16.5. The number of benzene rings is 1. The van der Waals surface area contributed by atoms with Gasteiger partial charge in [-0.05, 0) is 75.0 Å². The van der Waals surface area contributed by atoms with Crippen LogP contribution in [0.5, 0.6) is 5.75 Å². The van der Waals surface area contributed by atoms with Gasteiger partial charge in [0.15, 0.2) is 0 Å². The number of fused-ring (bicyclic) bond motifs is 3. The SMILES string of the molecule is Cc1ccc(-c2nnc([C@@H](O)C3CN4CCC3CC4)cc2C)c(O)c1. The van der Waals surface area contributed by atoms with Gasteiger partial charge in [0.05, 0.1) is 11.4 Å². The number of aryl methyl sites for hydroxylation is 2. The Labute approximate surface area is 148 Å². The first-order chi connectivity index (χ1) is 12.0. The topological polar surface area (TPSA) is 69.5 Å². The minimum atomic E-state index is -0.569. The van der Waals surface area contributed by atoms with Gasteiger partial charge < -0.3 is 15.1 Å². The lowest BCUT2D eigenvalue weighted by Gasteiger charge is -2.46. The third-order valence-electron chi connectivity index (χ3n) is 5.83. The third-order valence-corrected chi connectivity index (χ3v) is 5.83. The number of hydrogen-bond acceptors (Lipinski definition) is 5. The average Bonchev–Trinajstić information content (AvgIpc) is 2.62. The Balaban J connectivity index is 1.61. The molecule has 1 aromatic carbocycles. The van der Waals surface area contributed by atoms with Crippen molar-refractivity contribution in [2.45, 2.75) is 32.8 Å². The molecule has 2 bridgehead atoms. The molecule has 25 heavy (non-hydrogen) atoms. The van der Waals surface area contributed by atoms with Crippen LogP contribution in [0.2, 0.25) is 0 Å². The number of aromatic nitrogens is 2.